The van der Waals surface area contributed by atoms with E-state index < -0.39 is 16.1 Å². The molecular weight excluding hydrogens is 588 g/mol. The van der Waals surface area contributed by atoms with Gasteiger partial charge >= 0.3 is 0 Å². The summed E-state index contributed by atoms with van der Waals surface area (Å²) in [6.07, 6.45) is 0.733. The number of piperazine rings is 1. The summed E-state index contributed by atoms with van der Waals surface area (Å²) in [4.78, 5) is 34.0. The second kappa shape index (κ2) is 13.0. The molecule has 2 aliphatic heterocycles. The number of hydrogen-bond donors (Lipinski definition) is 1. The van der Waals surface area contributed by atoms with Gasteiger partial charge in [-0.3, -0.25) is 19.4 Å². The zero-order chi connectivity index (χ0) is 30.7. The van der Waals surface area contributed by atoms with Crippen molar-refractivity contribution in [2.75, 3.05) is 51.8 Å². The summed E-state index contributed by atoms with van der Waals surface area (Å²) >= 11 is 1.15. The molecule has 0 saturated carbocycles. The predicted octanol–water partition coefficient (Wildman–Crippen LogP) is 4.39. The van der Waals surface area contributed by atoms with Crippen molar-refractivity contribution in [2.24, 2.45) is 0 Å². The number of thiophene rings is 1. The van der Waals surface area contributed by atoms with Gasteiger partial charge in [0, 0.05) is 38.8 Å². The maximum Gasteiger partial charge on any atom is 0.264 e. The van der Waals surface area contributed by atoms with Crippen LogP contribution in [0.4, 0.5) is 5.69 Å². The number of benzene rings is 2. The Morgan fingerprint density at radius 3 is 2.33 bits per heavy atom. The van der Waals surface area contributed by atoms with Crippen molar-refractivity contribution in [3.63, 3.8) is 0 Å². The zero-order valence-corrected chi connectivity index (χ0v) is 26.5. The van der Waals surface area contributed by atoms with Gasteiger partial charge in [-0.2, -0.15) is 0 Å². The average molecular weight is 627 g/mol. The van der Waals surface area contributed by atoms with Crippen molar-refractivity contribution >= 4 is 38.9 Å². The number of anilines is 1. The molecule has 2 amide bonds. The van der Waals surface area contributed by atoms with E-state index in [4.69, 9.17) is 9.47 Å². The molecule has 230 valence electrons. The van der Waals surface area contributed by atoms with Gasteiger partial charge in [0.25, 0.3) is 11.8 Å². The highest BCUT2D eigenvalue weighted by atomic mass is 32.2. The van der Waals surface area contributed by atoms with Crippen LogP contribution in [-0.4, -0.2) is 83.0 Å². The first kappa shape index (κ1) is 31.0. The molecule has 0 bridgehead atoms. The second-order valence-electron chi connectivity index (χ2n) is 10.9. The van der Waals surface area contributed by atoms with Gasteiger partial charge in [0.2, 0.25) is 10.0 Å². The van der Waals surface area contributed by atoms with Gasteiger partial charge in [-0.1, -0.05) is 18.2 Å². The largest absolute Gasteiger partial charge is 0.493 e. The van der Waals surface area contributed by atoms with Gasteiger partial charge in [0.05, 0.1) is 37.1 Å². The summed E-state index contributed by atoms with van der Waals surface area (Å²) in [7, 11) is -0.561. The number of sulfonamides is 1. The molecule has 1 atom stereocenters. The van der Waals surface area contributed by atoms with Gasteiger partial charge in [-0.15, -0.1) is 11.3 Å². The van der Waals surface area contributed by atoms with E-state index >= 15 is 0 Å². The van der Waals surface area contributed by atoms with E-state index in [0.29, 0.717) is 47.1 Å². The molecule has 1 aromatic heterocycles. The molecule has 0 aliphatic carbocycles. The number of hydrogen-bond acceptors (Lipinski definition) is 9. The number of nitrogens with one attached hydrogen (secondary N) is 1. The van der Waals surface area contributed by atoms with Crippen molar-refractivity contribution in [1.29, 1.82) is 0 Å². The number of carbonyl (C=O) groups excluding carboxylic acids is 2. The van der Waals surface area contributed by atoms with Crippen LogP contribution >= 0.6 is 11.3 Å². The number of ether oxygens (including phenoxy) is 2. The van der Waals surface area contributed by atoms with Crippen LogP contribution in [0.25, 0.3) is 0 Å². The Morgan fingerprint density at radius 1 is 0.930 bits per heavy atom. The van der Waals surface area contributed by atoms with Crippen LogP contribution in [0.1, 0.15) is 59.0 Å². The Balaban J connectivity index is 1.42. The molecule has 10 nitrogen and oxygen atoms in total. The van der Waals surface area contributed by atoms with Crippen molar-refractivity contribution < 1.29 is 27.5 Å². The van der Waals surface area contributed by atoms with E-state index in [0.717, 1.165) is 43.2 Å². The summed E-state index contributed by atoms with van der Waals surface area (Å²) in [6, 6.07) is 13.8. The van der Waals surface area contributed by atoms with Crippen LogP contribution in [0.15, 0.2) is 58.1 Å². The maximum absolute atomic E-state index is 14.2. The first-order chi connectivity index (χ1) is 20.7. The Hall–Kier alpha value is -3.45. The molecule has 0 radical (unpaired) electrons. The highest BCUT2D eigenvalue weighted by Gasteiger charge is 2.43. The predicted molar refractivity (Wildman–Crippen MR) is 167 cm³/mol. The van der Waals surface area contributed by atoms with Crippen LogP contribution in [-0.2, 0) is 10.0 Å². The van der Waals surface area contributed by atoms with Crippen LogP contribution < -0.4 is 19.1 Å². The number of nitrogens with zero attached hydrogens (tertiary/aromatic N) is 3. The van der Waals surface area contributed by atoms with Crippen molar-refractivity contribution in [1.82, 2.24) is 14.5 Å². The standard InChI is InChI=1S/C31H38N4O6S2/c1-21(2)33-15-17-34(18-16-33)25-9-5-8-23-29(25)31(37)35(30(23)36)24(22-12-13-26(40-3)27(20-22)41-4)10-6-14-32-43(38,39)28-11-7-19-42-28/h5,7-9,11-13,19-21,24,32H,6,10,14-18H2,1-4H3. The van der Waals surface area contributed by atoms with Crippen LogP contribution in [0.2, 0.25) is 0 Å². The number of fused-ring (bicyclic) bond motifs is 1. The Bertz CT molecular complexity index is 1570. The summed E-state index contributed by atoms with van der Waals surface area (Å²) in [6.45, 7) is 7.79. The third-order valence-corrected chi connectivity index (χ3v) is 11.0. The van der Waals surface area contributed by atoms with E-state index in [1.54, 1.807) is 42.8 Å². The normalized spacial score (nSPS) is 16.6. The SMILES string of the molecule is COc1ccc(C(CCCNS(=O)(=O)c2cccs2)N2C(=O)c3cccc(N4CCN(C(C)C)CC4)c3C2=O)cc1OC. The zero-order valence-electron chi connectivity index (χ0n) is 24.9. The first-order valence-corrected chi connectivity index (χ1v) is 16.8. The molecule has 1 N–H and O–H groups in total. The lowest BCUT2D eigenvalue weighted by molar-refractivity contribution is 0.0572. The molecule has 43 heavy (non-hydrogen) atoms. The fourth-order valence-corrected chi connectivity index (χ4v) is 7.92. The van der Waals surface area contributed by atoms with E-state index in [-0.39, 0.29) is 22.6 Å². The van der Waals surface area contributed by atoms with Crippen LogP contribution in [0.5, 0.6) is 11.5 Å². The van der Waals surface area contributed by atoms with E-state index in [9.17, 15) is 18.0 Å². The minimum Gasteiger partial charge on any atom is -0.493 e. The number of rotatable bonds is 12. The van der Waals surface area contributed by atoms with Crippen molar-refractivity contribution in [3.05, 3.63) is 70.6 Å². The molecule has 2 aromatic carbocycles. The fraction of sp³-hybridized carbons (Fsp3) is 0.419. The molecule has 1 unspecified atom stereocenters. The molecule has 2 aliphatic rings. The van der Waals surface area contributed by atoms with Gasteiger partial charge in [0.15, 0.2) is 11.5 Å². The van der Waals surface area contributed by atoms with Crippen LogP contribution in [0.3, 0.4) is 0 Å². The summed E-state index contributed by atoms with van der Waals surface area (Å²) in [5.41, 5.74) is 2.28. The molecule has 12 heteroatoms. The second-order valence-corrected chi connectivity index (χ2v) is 13.8. The topological polar surface area (TPSA) is 108 Å². The smallest absolute Gasteiger partial charge is 0.264 e. The number of imide groups is 1. The first-order valence-electron chi connectivity index (χ1n) is 14.4. The molecule has 5 rings (SSSR count). The average Bonchev–Trinajstić information content (AvgIpc) is 3.65. The molecule has 3 heterocycles. The monoisotopic (exact) mass is 626 g/mol. The van der Waals surface area contributed by atoms with Gasteiger partial charge in [0.1, 0.15) is 4.21 Å². The minimum absolute atomic E-state index is 0.151. The summed E-state index contributed by atoms with van der Waals surface area (Å²) < 4.78 is 39.1. The fourth-order valence-electron chi connectivity index (χ4n) is 5.81. The highest BCUT2D eigenvalue weighted by Crippen LogP contribution is 2.40. The minimum atomic E-state index is -3.64. The van der Waals surface area contributed by atoms with Gasteiger partial charge in [-0.25, -0.2) is 13.1 Å². The Labute approximate surface area is 257 Å². The Kier molecular flexibility index (Phi) is 9.40. The van der Waals surface area contributed by atoms with E-state index in [1.807, 2.05) is 18.2 Å². The van der Waals surface area contributed by atoms with Crippen molar-refractivity contribution in [3.8, 4) is 11.5 Å². The third-order valence-electron chi connectivity index (χ3n) is 8.12. The summed E-state index contributed by atoms with van der Waals surface area (Å²) in [5.74, 6) is 0.296. The van der Waals surface area contributed by atoms with E-state index in [2.05, 4.69) is 28.4 Å². The molecule has 0 spiro atoms. The molecule has 3 aromatic rings. The number of carbonyl (C=O) groups is 2. The van der Waals surface area contributed by atoms with Crippen LogP contribution in [0, 0.1) is 0 Å². The number of methoxy groups -OCH3 is 2. The van der Waals surface area contributed by atoms with Crippen molar-refractivity contribution in [2.45, 2.75) is 43.0 Å². The lowest BCUT2D eigenvalue weighted by atomic mass is 9.99. The van der Waals surface area contributed by atoms with Gasteiger partial charge < -0.3 is 14.4 Å². The third kappa shape index (κ3) is 6.28. The lowest BCUT2D eigenvalue weighted by Gasteiger charge is -2.38. The summed E-state index contributed by atoms with van der Waals surface area (Å²) in [5, 5.41) is 1.71. The number of amides is 2. The highest BCUT2D eigenvalue weighted by molar-refractivity contribution is 7.91. The molecule has 1 saturated heterocycles. The molecular formula is C31H38N4O6S2. The maximum atomic E-state index is 14.2. The Morgan fingerprint density at radius 2 is 1.67 bits per heavy atom. The lowest BCUT2D eigenvalue weighted by Crippen LogP contribution is -2.49. The van der Waals surface area contributed by atoms with Gasteiger partial charge in [-0.05, 0) is 68.0 Å². The quantitative estimate of drug-likeness (QED) is 0.233. The van der Waals surface area contributed by atoms with E-state index in [1.165, 1.54) is 12.0 Å². The molecule has 1 fully saturated rings.